The number of hydrogen-bond acceptors (Lipinski definition) is 12. The number of carbonyl (C=O) groups is 2. The van der Waals surface area contributed by atoms with Crippen molar-refractivity contribution in [3.8, 4) is 0 Å². The molecular formula is C47H85O13P. The maximum atomic E-state index is 12.8. The first-order chi connectivity index (χ1) is 29.4. The van der Waals surface area contributed by atoms with E-state index < -0.39 is 75.7 Å². The van der Waals surface area contributed by atoms with Crippen LogP contribution in [0.3, 0.4) is 0 Å². The van der Waals surface area contributed by atoms with Crippen LogP contribution < -0.4 is 0 Å². The lowest BCUT2D eigenvalue weighted by atomic mass is 9.85. The Hall–Kier alpha value is -1.93. The van der Waals surface area contributed by atoms with Gasteiger partial charge in [-0.05, 0) is 70.6 Å². The Bertz CT molecular complexity index is 1210. The molecule has 0 radical (unpaired) electrons. The summed E-state index contributed by atoms with van der Waals surface area (Å²) in [6.07, 6.45) is 29.1. The molecule has 1 saturated carbocycles. The Kier molecular flexibility index (Phi) is 35.0. The highest BCUT2D eigenvalue weighted by atomic mass is 31.2. The fourth-order valence-corrected chi connectivity index (χ4v) is 8.05. The van der Waals surface area contributed by atoms with Gasteiger partial charge in [0.2, 0.25) is 0 Å². The molecule has 6 N–H and O–H groups in total. The zero-order valence-electron chi connectivity index (χ0n) is 37.7. The van der Waals surface area contributed by atoms with Crippen LogP contribution in [0.15, 0.2) is 36.5 Å². The van der Waals surface area contributed by atoms with E-state index in [1.54, 1.807) is 0 Å². The summed E-state index contributed by atoms with van der Waals surface area (Å²) in [5, 5.41) is 50.2. The Labute approximate surface area is 368 Å². The lowest BCUT2D eigenvalue weighted by molar-refractivity contribution is -0.220. The van der Waals surface area contributed by atoms with Crippen LogP contribution in [0.5, 0.6) is 0 Å². The predicted molar refractivity (Wildman–Crippen MR) is 240 cm³/mol. The second kappa shape index (κ2) is 37.4. The molecule has 14 heteroatoms. The summed E-state index contributed by atoms with van der Waals surface area (Å²) < 4.78 is 33.5. The Morgan fingerprint density at radius 2 is 0.885 bits per heavy atom. The number of hydrogen-bond donors (Lipinski definition) is 6. The van der Waals surface area contributed by atoms with Gasteiger partial charge in [0.1, 0.15) is 43.2 Å². The average Bonchev–Trinajstić information content (AvgIpc) is 3.24. The van der Waals surface area contributed by atoms with E-state index in [-0.39, 0.29) is 12.8 Å². The third-order valence-corrected chi connectivity index (χ3v) is 11.9. The summed E-state index contributed by atoms with van der Waals surface area (Å²) in [5.41, 5.74) is 0. The van der Waals surface area contributed by atoms with Crippen LogP contribution >= 0.6 is 7.82 Å². The summed E-state index contributed by atoms with van der Waals surface area (Å²) in [6.45, 7) is 3.26. The van der Waals surface area contributed by atoms with Crippen molar-refractivity contribution in [3.63, 3.8) is 0 Å². The largest absolute Gasteiger partial charge is 0.472 e. The maximum absolute atomic E-state index is 12.8. The molecule has 8 atom stereocenters. The van der Waals surface area contributed by atoms with Gasteiger partial charge < -0.3 is 39.9 Å². The lowest BCUT2D eigenvalue weighted by Crippen LogP contribution is -2.64. The Balaban J connectivity index is 2.46. The molecule has 13 nitrogen and oxygen atoms in total. The van der Waals surface area contributed by atoms with E-state index in [1.807, 2.05) is 0 Å². The van der Waals surface area contributed by atoms with Crippen molar-refractivity contribution in [2.75, 3.05) is 13.2 Å². The number of ether oxygens (including phenoxy) is 2. The number of phosphoric acid groups is 1. The highest BCUT2D eigenvalue weighted by Gasteiger charge is 2.51. The molecular weight excluding hydrogens is 803 g/mol. The van der Waals surface area contributed by atoms with Crippen LogP contribution in [0.1, 0.15) is 194 Å². The second-order valence-electron chi connectivity index (χ2n) is 16.6. The van der Waals surface area contributed by atoms with Crippen molar-refractivity contribution in [2.45, 2.75) is 236 Å². The van der Waals surface area contributed by atoms with Crippen molar-refractivity contribution >= 4 is 19.8 Å². The van der Waals surface area contributed by atoms with E-state index in [1.165, 1.54) is 83.5 Å². The van der Waals surface area contributed by atoms with Crippen LogP contribution in [-0.2, 0) is 32.7 Å². The molecule has 1 aliphatic rings. The van der Waals surface area contributed by atoms with Gasteiger partial charge in [0.15, 0.2) is 6.10 Å². The van der Waals surface area contributed by atoms with Gasteiger partial charge in [-0.1, -0.05) is 147 Å². The normalized spacial score (nSPS) is 22.3. The van der Waals surface area contributed by atoms with Crippen LogP contribution in [0, 0.1) is 0 Å². The molecule has 0 spiro atoms. The molecule has 0 aromatic carbocycles. The molecule has 61 heavy (non-hydrogen) atoms. The number of allylic oxidation sites excluding steroid dienone is 6. The summed E-state index contributed by atoms with van der Waals surface area (Å²) in [4.78, 5) is 35.7. The fourth-order valence-electron chi connectivity index (χ4n) is 7.08. The molecule has 356 valence electrons. The van der Waals surface area contributed by atoms with Gasteiger partial charge in [-0.15, -0.1) is 0 Å². The van der Waals surface area contributed by atoms with E-state index in [2.05, 4.69) is 50.3 Å². The highest BCUT2D eigenvalue weighted by Crippen LogP contribution is 2.47. The van der Waals surface area contributed by atoms with Gasteiger partial charge in [0.05, 0.1) is 6.61 Å². The number of unbranched alkanes of at least 4 members (excludes halogenated alkanes) is 21. The van der Waals surface area contributed by atoms with Crippen molar-refractivity contribution in [3.05, 3.63) is 36.5 Å². The highest BCUT2D eigenvalue weighted by molar-refractivity contribution is 7.47. The van der Waals surface area contributed by atoms with E-state index in [9.17, 15) is 44.6 Å². The van der Waals surface area contributed by atoms with Gasteiger partial charge in [-0.3, -0.25) is 18.6 Å². The van der Waals surface area contributed by atoms with Crippen LogP contribution in [0.4, 0.5) is 0 Å². The standard InChI is InChI=1S/C47H85O13P/c1-3-5-7-9-11-13-15-17-19-20-22-23-25-27-29-31-33-35-40(48)57-37-39(38-58-61(55,56)60-47-45(53)43(51)42(50)44(52)46(47)54)59-41(49)36-34-32-30-28-26-24-21-18-16-14-12-10-8-6-4-2/h11,13,17,19,24,26,39,42-47,50-54H,3-10,12,14-16,18,20-23,25,27-38H2,1-2H3,(H,55,56)/b13-11+,19-17+,26-24+/t39-,42?,43-,44?,45?,46?,47?/m0/s1. The SMILES string of the molecule is CCCCC/C=C/C/C=C/CCCCCCCCCC(=O)OC[C@@H](COP(=O)(O)OC1C(O)C(O)C(O)[C@H](O)C1O)OC(=O)CCCCC/C=C/CCCCCCCCCC. The first kappa shape index (κ1) is 57.1. The second-order valence-corrected chi connectivity index (χ2v) is 18.0. The van der Waals surface area contributed by atoms with Gasteiger partial charge in [0, 0.05) is 12.8 Å². The average molecular weight is 889 g/mol. The van der Waals surface area contributed by atoms with Gasteiger partial charge in [-0.25, -0.2) is 4.57 Å². The van der Waals surface area contributed by atoms with Crippen LogP contribution in [0.2, 0.25) is 0 Å². The number of esters is 2. The van der Waals surface area contributed by atoms with Gasteiger partial charge >= 0.3 is 19.8 Å². The summed E-state index contributed by atoms with van der Waals surface area (Å²) in [6, 6.07) is 0. The number of aliphatic hydroxyl groups is 5. The zero-order chi connectivity index (χ0) is 45.0. The predicted octanol–water partition coefficient (Wildman–Crippen LogP) is 9.39. The quantitative estimate of drug-likeness (QED) is 0.0147. The van der Waals surface area contributed by atoms with E-state index >= 15 is 0 Å². The number of phosphoric ester groups is 1. The Morgan fingerprint density at radius 1 is 0.508 bits per heavy atom. The number of carbonyl (C=O) groups excluding carboxylic acids is 2. The summed E-state index contributed by atoms with van der Waals surface area (Å²) in [5.74, 6) is -1.12. The molecule has 0 bridgehead atoms. The number of aliphatic hydroxyl groups excluding tert-OH is 5. The minimum absolute atomic E-state index is 0.0752. The number of rotatable bonds is 39. The summed E-state index contributed by atoms with van der Waals surface area (Å²) in [7, 11) is -5.12. The monoisotopic (exact) mass is 889 g/mol. The first-order valence-corrected chi connectivity index (χ1v) is 25.3. The molecule has 1 fully saturated rings. The molecule has 0 aromatic rings. The van der Waals surface area contributed by atoms with Gasteiger partial charge in [0.25, 0.3) is 0 Å². The van der Waals surface area contributed by atoms with E-state index in [0.717, 1.165) is 70.6 Å². The third kappa shape index (κ3) is 30.0. The molecule has 0 aromatic heterocycles. The van der Waals surface area contributed by atoms with Gasteiger partial charge in [-0.2, -0.15) is 0 Å². The first-order valence-electron chi connectivity index (χ1n) is 23.8. The van der Waals surface area contributed by atoms with E-state index in [4.69, 9.17) is 18.5 Å². The van der Waals surface area contributed by atoms with Crippen molar-refractivity contribution < 1.29 is 63.1 Å². The molecule has 0 saturated heterocycles. The molecule has 1 aliphatic carbocycles. The molecule has 0 aliphatic heterocycles. The van der Waals surface area contributed by atoms with Crippen LogP contribution in [-0.4, -0.2) is 98.3 Å². The molecule has 6 unspecified atom stereocenters. The molecule has 0 amide bonds. The zero-order valence-corrected chi connectivity index (χ0v) is 38.6. The van der Waals surface area contributed by atoms with Crippen molar-refractivity contribution in [2.24, 2.45) is 0 Å². The minimum atomic E-state index is -5.12. The fraction of sp³-hybridized carbons (Fsp3) is 0.830. The summed E-state index contributed by atoms with van der Waals surface area (Å²) >= 11 is 0. The Morgan fingerprint density at radius 3 is 1.39 bits per heavy atom. The molecule has 1 rings (SSSR count). The van der Waals surface area contributed by atoms with Crippen LogP contribution in [0.25, 0.3) is 0 Å². The molecule has 0 heterocycles. The minimum Gasteiger partial charge on any atom is -0.462 e. The van der Waals surface area contributed by atoms with Crippen molar-refractivity contribution in [1.82, 2.24) is 0 Å². The topological polar surface area (TPSA) is 210 Å². The smallest absolute Gasteiger partial charge is 0.462 e. The third-order valence-electron chi connectivity index (χ3n) is 11.0. The van der Waals surface area contributed by atoms with Crippen molar-refractivity contribution in [1.29, 1.82) is 0 Å². The lowest BCUT2D eigenvalue weighted by Gasteiger charge is -2.41. The van der Waals surface area contributed by atoms with E-state index in [0.29, 0.717) is 12.8 Å². The maximum Gasteiger partial charge on any atom is 0.472 e.